The summed E-state index contributed by atoms with van der Waals surface area (Å²) in [5.41, 5.74) is 0. The van der Waals surface area contributed by atoms with Gasteiger partial charge in [0.05, 0.1) is 11.0 Å². The normalized spacial score (nSPS) is 20.0. The molecule has 0 aliphatic carbocycles. The summed E-state index contributed by atoms with van der Waals surface area (Å²) in [5, 5.41) is 2.75. The lowest BCUT2D eigenvalue weighted by atomic mass is 10.3. The van der Waals surface area contributed by atoms with Crippen molar-refractivity contribution in [2.24, 2.45) is 0 Å². The maximum Gasteiger partial charge on any atom is 0.159 e. The highest BCUT2D eigenvalue weighted by Gasteiger charge is 2.29. The zero-order chi connectivity index (χ0) is 7.61. The van der Waals surface area contributed by atoms with Crippen LogP contribution in [-0.4, -0.2) is 32.5 Å². The van der Waals surface area contributed by atoms with Gasteiger partial charge in [-0.3, -0.25) is 0 Å². The molecule has 10 heavy (non-hydrogen) atoms. The third-order valence-electron chi connectivity index (χ3n) is 1.60. The van der Waals surface area contributed by atoms with Gasteiger partial charge in [0.2, 0.25) is 0 Å². The van der Waals surface area contributed by atoms with E-state index >= 15 is 0 Å². The van der Waals surface area contributed by atoms with Crippen LogP contribution in [0.3, 0.4) is 0 Å². The van der Waals surface area contributed by atoms with E-state index < -0.39 is 9.84 Å². The molecule has 0 aromatic rings. The van der Waals surface area contributed by atoms with Crippen molar-refractivity contribution in [3.05, 3.63) is 12.7 Å². The summed E-state index contributed by atoms with van der Waals surface area (Å²) in [6.07, 6.45) is 1.44. The smallest absolute Gasteiger partial charge is 0.159 e. The first kappa shape index (κ1) is 7.75. The number of rotatable bonds is 3. The second kappa shape index (κ2) is 2.72. The summed E-state index contributed by atoms with van der Waals surface area (Å²) in [7, 11) is -2.85. The minimum Gasteiger partial charge on any atom is -0.314 e. The van der Waals surface area contributed by atoms with Crippen LogP contribution in [0.25, 0.3) is 0 Å². The first-order valence-electron chi connectivity index (χ1n) is 3.20. The highest BCUT2D eigenvalue weighted by atomic mass is 32.2. The summed E-state index contributed by atoms with van der Waals surface area (Å²) < 4.78 is 22.2. The van der Waals surface area contributed by atoms with Crippen molar-refractivity contribution >= 4 is 9.84 Å². The average molecular weight is 161 g/mol. The van der Waals surface area contributed by atoms with Gasteiger partial charge >= 0.3 is 0 Å². The summed E-state index contributed by atoms with van der Waals surface area (Å²) in [6, 6.07) is 0. The summed E-state index contributed by atoms with van der Waals surface area (Å²) in [4.78, 5) is 0. The molecular weight excluding hydrogens is 150 g/mol. The van der Waals surface area contributed by atoms with E-state index in [9.17, 15) is 8.42 Å². The lowest BCUT2D eigenvalue weighted by Gasteiger charge is -2.26. The first-order chi connectivity index (χ1) is 4.67. The van der Waals surface area contributed by atoms with E-state index in [0.29, 0.717) is 13.1 Å². The zero-order valence-corrected chi connectivity index (χ0v) is 6.52. The summed E-state index contributed by atoms with van der Waals surface area (Å²) >= 11 is 0. The summed E-state index contributed by atoms with van der Waals surface area (Å²) in [5.74, 6) is 0.110. The highest BCUT2D eigenvalue weighted by molar-refractivity contribution is 7.92. The molecule has 0 saturated carbocycles. The second-order valence-corrected chi connectivity index (χ2v) is 4.72. The Labute approximate surface area is 61.0 Å². The van der Waals surface area contributed by atoms with Crippen molar-refractivity contribution in [3.63, 3.8) is 0 Å². The molecule has 58 valence electrons. The molecule has 1 aliphatic heterocycles. The van der Waals surface area contributed by atoms with Crippen molar-refractivity contribution in [2.75, 3.05) is 18.8 Å². The van der Waals surface area contributed by atoms with E-state index in [0.717, 1.165) is 0 Å². The van der Waals surface area contributed by atoms with Gasteiger partial charge in [-0.1, -0.05) is 6.08 Å². The lowest BCUT2D eigenvalue weighted by molar-refractivity contribution is 0.497. The van der Waals surface area contributed by atoms with Gasteiger partial charge in [-0.15, -0.1) is 6.58 Å². The Balaban J connectivity index is 2.58. The molecular formula is C6H11NO2S. The molecule has 0 atom stereocenters. The van der Waals surface area contributed by atoms with Crippen molar-refractivity contribution in [1.82, 2.24) is 5.32 Å². The van der Waals surface area contributed by atoms with Crippen LogP contribution in [0.15, 0.2) is 12.7 Å². The van der Waals surface area contributed by atoms with Crippen LogP contribution >= 0.6 is 0 Å². The fourth-order valence-corrected chi connectivity index (χ4v) is 2.16. The van der Waals surface area contributed by atoms with Gasteiger partial charge in [0.15, 0.2) is 9.84 Å². The van der Waals surface area contributed by atoms with E-state index in [4.69, 9.17) is 0 Å². The first-order valence-corrected chi connectivity index (χ1v) is 4.91. The van der Waals surface area contributed by atoms with Crippen LogP contribution < -0.4 is 5.32 Å². The molecule has 0 unspecified atom stereocenters. The quantitative estimate of drug-likeness (QED) is 0.571. The fraction of sp³-hybridized carbons (Fsp3) is 0.667. The lowest BCUT2D eigenvalue weighted by Crippen LogP contribution is -2.52. The number of nitrogens with one attached hydrogen (secondary N) is 1. The second-order valence-electron chi connectivity index (χ2n) is 2.40. The van der Waals surface area contributed by atoms with Crippen molar-refractivity contribution in [1.29, 1.82) is 0 Å². The Bertz CT molecular complexity index is 216. The largest absolute Gasteiger partial charge is 0.314 e. The van der Waals surface area contributed by atoms with E-state index in [1.165, 1.54) is 6.08 Å². The molecule has 0 radical (unpaired) electrons. The Kier molecular flexibility index (Phi) is 2.11. The monoisotopic (exact) mass is 161 g/mol. The van der Waals surface area contributed by atoms with Crippen molar-refractivity contribution < 1.29 is 8.42 Å². The van der Waals surface area contributed by atoms with Crippen molar-refractivity contribution in [3.8, 4) is 0 Å². The third-order valence-corrected chi connectivity index (χ3v) is 3.65. The number of sulfone groups is 1. The van der Waals surface area contributed by atoms with Crippen LogP contribution in [0.1, 0.15) is 0 Å². The van der Waals surface area contributed by atoms with Gasteiger partial charge in [-0.2, -0.15) is 0 Å². The molecule has 3 nitrogen and oxygen atoms in total. The predicted molar refractivity (Wildman–Crippen MR) is 40.6 cm³/mol. The molecule has 0 aromatic carbocycles. The molecule has 1 rings (SSSR count). The SMILES string of the molecule is C=CCS(=O)(=O)C1CNC1. The Hall–Kier alpha value is -0.350. The van der Waals surface area contributed by atoms with Crippen LogP contribution in [0, 0.1) is 0 Å². The maximum atomic E-state index is 11.1. The zero-order valence-electron chi connectivity index (χ0n) is 5.71. The van der Waals surface area contributed by atoms with Crippen molar-refractivity contribution in [2.45, 2.75) is 5.25 Å². The highest BCUT2D eigenvalue weighted by Crippen LogP contribution is 2.06. The van der Waals surface area contributed by atoms with Gasteiger partial charge in [0.25, 0.3) is 0 Å². The molecule has 1 saturated heterocycles. The molecule has 1 fully saturated rings. The standard InChI is InChI=1S/C6H11NO2S/c1-2-3-10(8,9)6-4-7-5-6/h2,6-7H,1,3-5H2. The Morgan fingerprint density at radius 2 is 2.20 bits per heavy atom. The molecule has 0 bridgehead atoms. The van der Waals surface area contributed by atoms with Gasteiger partial charge < -0.3 is 5.32 Å². The molecule has 0 aromatic heterocycles. The van der Waals surface area contributed by atoms with Crippen LogP contribution in [0.5, 0.6) is 0 Å². The molecule has 1 heterocycles. The average Bonchev–Trinajstić information content (AvgIpc) is 1.56. The van der Waals surface area contributed by atoms with E-state index in [-0.39, 0.29) is 11.0 Å². The van der Waals surface area contributed by atoms with Crippen LogP contribution in [0.4, 0.5) is 0 Å². The molecule has 4 heteroatoms. The summed E-state index contributed by atoms with van der Waals surface area (Å²) in [6.45, 7) is 4.60. The fourth-order valence-electron chi connectivity index (χ4n) is 0.816. The number of hydrogen-bond donors (Lipinski definition) is 1. The molecule has 0 amide bonds. The van der Waals surface area contributed by atoms with Gasteiger partial charge in [-0.05, 0) is 0 Å². The molecule has 0 spiro atoms. The Morgan fingerprint density at radius 1 is 1.60 bits per heavy atom. The third kappa shape index (κ3) is 1.38. The van der Waals surface area contributed by atoms with Gasteiger partial charge in [0, 0.05) is 13.1 Å². The molecule has 1 aliphatic rings. The topological polar surface area (TPSA) is 46.2 Å². The minimum atomic E-state index is -2.85. The van der Waals surface area contributed by atoms with E-state index in [2.05, 4.69) is 11.9 Å². The van der Waals surface area contributed by atoms with E-state index in [1.807, 2.05) is 0 Å². The van der Waals surface area contributed by atoms with Gasteiger partial charge in [-0.25, -0.2) is 8.42 Å². The van der Waals surface area contributed by atoms with E-state index in [1.54, 1.807) is 0 Å². The molecule has 1 N–H and O–H groups in total. The number of hydrogen-bond acceptors (Lipinski definition) is 3. The Morgan fingerprint density at radius 3 is 2.50 bits per heavy atom. The van der Waals surface area contributed by atoms with Crippen LogP contribution in [0.2, 0.25) is 0 Å². The predicted octanol–water partition coefficient (Wildman–Crippen LogP) is -0.441. The van der Waals surface area contributed by atoms with Crippen LogP contribution in [-0.2, 0) is 9.84 Å². The minimum absolute atomic E-state index is 0.110. The maximum absolute atomic E-state index is 11.1. The van der Waals surface area contributed by atoms with Gasteiger partial charge in [0.1, 0.15) is 0 Å².